The fourth-order valence-electron chi connectivity index (χ4n) is 2.02. The lowest BCUT2D eigenvalue weighted by molar-refractivity contribution is -0.130. The zero-order chi connectivity index (χ0) is 15.0. The number of carbonyl (C=O) groups is 1. The average molecular weight is 332 g/mol. The normalized spacial score (nSPS) is 25.1. The van der Waals surface area contributed by atoms with Crippen LogP contribution in [-0.4, -0.2) is 39.8 Å². The van der Waals surface area contributed by atoms with Gasteiger partial charge in [-0.1, -0.05) is 41.9 Å². The van der Waals surface area contributed by atoms with E-state index < -0.39 is 4.32 Å². The van der Waals surface area contributed by atoms with Crippen LogP contribution in [0.4, 0.5) is 0 Å². The number of amides is 1. The second-order valence-electron chi connectivity index (χ2n) is 5.96. The average Bonchev–Trinajstić information content (AvgIpc) is 2.53. The molecule has 6 heteroatoms. The SMILES string of the molecule is CON=C(C)C1(Br)C(=O)N(C(C)C)N=C1C(C)(C)C. The van der Waals surface area contributed by atoms with Crippen molar-refractivity contribution in [3.05, 3.63) is 0 Å². The van der Waals surface area contributed by atoms with Crippen LogP contribution in [0, 0.1) is 5.41 Å². The topological polar surface area (TPSA) is 54.3 Å². The van der Waals surface area contributed by atoms with Crippen molar-refractivity contribution >= 4 is 33.3 Å². The second kappa shape index (κ2) is 5.23. The molecule has 0 fully saturated rings. The molecule has 0 aromatic heterocycles. The molecule has 1 aliphatic rings. The molecule has 1 unspecified atom stereocenters. The van der Waals surface area contributed by atoms with E-state index >= 15 is 0 Å². The van der Waals surface area contributed by atoms with Gasteiger partial charge in [-0.2, -0.15) is 5.10 Å². The van der Waals surface area contributed by atoms with Crippen LogP contribution in [0.3, 0.4) is 0 Å². The van der Waals surface area contributed by atoms with Crippen LogP contribution in [0.15, 0.2) is 10.3 Å². The van der Waals surface area contributed by atoms with E-state index in [-0.39, 0.29) is 17.4 Å². The Morgan fingerprint density at radius 3 is 2.37 bits per heavy atom. The van der Waals surface area contributed by atoms with Gasteiger partial charge in [0.2, 0.25) is 0 Å². The maximum atomic E-state index is 12.7. The van der Waals surface area contributed by atoms with Gasteiger partial charge in [0.25, 0.3) is 5.91 Å². The summed E-state index contributed by atoms with van der Waals surface area (Å²) >= 11 is 3.56. The molecule has 0 aliphatic carbocycles. The van der Waals surface area contributed by atoms with Crippen LogP contribution in [0.1, 0.15) is 41.5 Å². The van der Waals surface area contributed by atoms with Crippen molar-refractivity contribution in [1.82, 2.24) is 5.01 Å². The molecule has 1 heterocycles. The summed E-state index contributed by atoms with van der Waals surface area (Å²) in [6.07, 6.45) is 0. The zero-order valence-electron chi connectivity index (χ0n) is 12.6. The number of hydrogen-bond acceptors (Lipinski definition) is 4. The summed E-state index contributed by atoms with van der Waals surface area (Å²) in [5.41, 5.74) is 1.04. The zero-order valence-corrected chi connectivity index (χ0v) is 14.2. The largest absolute Gasteiger partial charge is 0.399 e. The number of hydrogen-bond donors (Lipinski definition) is 0. The van der Waals surface area contributed by atoms with Crippen molar-refractivity contribution in [2.75, 3.05) is 7.11 Å². The van der Waals surface area contributed by atoms with Gasteiger partial charge in [0.1, 0.15) is 7.11 Å². The Kier molecular flexibility index (Phi) is 4.44. The third kappa shape index (κ3) is 2.68. The van der Waals surface area contributed by atoms with Crippen molar-refractivity contribution in [2.24, 2.45) is 15.7 Å². The Labute approximate surface area is 123 Å². The van der Waals surface area contributed by atoms with Crippen molar-refractivity contribution in [2.45, 2.75) is 51.9 Å². The third-order valence-corrected chi connectivity index (χ3v) is 4.25. The molecule has 19 heavy (non-hydrogen) atoms. The highest BCUT2D eigenvalue weighted by Crippen LogP contribution is 2.39. The Hall–Kier alpha value is -0.910. The van der Waals surface area contributed by atoms with Gasteiger partial charge in [-0.25, -0.2) is 5.01 Å². The molecule has 0 saturated carbocycles. The van der Waals surface area contributed by atoms with E-state index in [1.54, 1.807) is 6.92 Å². The fraction of sp³-hybridized carbons (Fsp3) is 0.769. The van der Waals surface area contributed by atoms with Crippen LogP contribution in [0.25, 0.3) is 0 Å². The third-order valence-electron chi connectivity index (χ3n) is 2.96. The molecule has 0 bridgehead atoms. The molecule has 0 aromatic carbocycles. The first-order valence-electron chi connectivity index (χ1n) is 6.27. The lowest BCUT2D eigenvalue weighted by Crippen LogP contribution is -2.51. The first-order valence-corrected chi connectivity index (χ1v) is 7.06. The maximum absolute atomic E-state index is 12.7. The molecule has 0 spiro atoms. The summed E-state index contributed by atoms with van der Waals surface area (Å²) in [5.74, 6) is -0.120. The number of alkyl halides is 1. The molecule has 5 nitrogen and oxygen atoms in total. The van der Waals surface area contributed by atoms with Crippen LogP contribution in [0.5, 0.6) is 0 Å². The highest BCUT2D eigenvalue weighted by molar-refractivity contribution is 9.11. The van der Waals surface area contributed by atoms with Crippen LogP contribution in [-0.2, 0) is 9.63 Å². The Morgan fingerprint density at radius 2 is 2.00 bits per heavy atom. The van der Waals surface area contributed by atoms with E-state index in [4.69, 9.17) is 4.84 Å². The minimum Gasteiger partial charge on any atom is -0.399 e. The molecule has 0 aromatic rings. The number of oxime groups is 1. The van der Waals surface area contributed by atoms with Crippen LogP contribution < -0.4 is 0 Å². The summed E-state index contributed by atoms with van der Waals surface area (Å²) in [6.45, 7) is 11.7. The second-order valence-corrected chi connectivity index (χ2v) is 7.15. The quantitative estimate of drug-likeness (QED) is 0.453. The van der Waals surface area contributed by atoms with Gasteiger partial charge in [-0.05, 0) is 20.8 Å². The van der Waals surface area contributed by atoms with E-state index in [1.165, 1.54) is 12.1 Å². The summed E-state index contributed by atoms with van der Waals surface area (Å²) in [7, 11) is 1.47. The number of carbonyl (C=O) groups excluding carboxylic acids is 1. The molecule has 108 valence electrons. The lowest BCUT2D eigenvalue weighted by atomic mass is 9.80. The van der Waals surface area contributed by atoms with Crippen LogP contribution >= 0.6 is 15.9 Å². The Balaban J connectivity index is 3.41. The van der Waals surface area contributed by atoms with E-state index in [0.29, 0.717) is 5.71 Å². The van der Waals surface area contributed by atoms with E-state index in [1.807, 2.05) is 34.6 Å². The molecule has 1 atom stereocenters. The van der Waals surface area contributed by atoms with Gasteiger partial charge in [0.15, 0.2) is 4.32 Å². The minimum absolute atomic E-state index is 0.000352. The van der Waals surface area contributed by atoms with Gasteiger partial charge < -0.3 is 4.84 Å². The minimum atomic E-state index is -1.01. The lowest BCUT2D eigenvalue weighted by Gasteiger charge is -2.29. The molecule has 0 N–H and O–H groups in total. The summed E-state index contributed by atoms with van der Waals surface area (Å²) in [5, 5.41) is 9.95. The highest BCUT2D eigenvalue weighted by Gasteiger charge is 2.55. The van der Waals surface area contributed by atoms with Gasteiger partial charge in [-0.15, -0.1) is 0 Å². The number of halogens is 1. The standard InChI is InChI=1S/C13H22BrN3O2/c1-8(2)17-11(18)13(14,9(3)16-19-7)10(15-17)12(4,5)6/h8H,1-7H3. The molecular weight excluding hydrogens is 310 g/mol. The molecular formula is C13H22BrN3O2. The predicted octanol–water partition coefficient (Wildman–Crippen LogP) is 2.80. The van der Waals surface area contributed by atoms with Crippen molar-refractivity contribution in [1.29, 1.82) is 0 Å². The summed E-state index contributed by atoms with van der Waals surface area (Å²) in [6, 6.07) is -0.000352. The van der Waals surface area contributed by atoms with E-state index in [9.17, 15) is 4.79 Å². The first-order chi connectivity index (χ1) is 8.56. The molecule has 1 amide bonds. The van der Waals surface area contributed by atoms with Gasteiger partial charge in [0.05, 0.1) is 17.5 Å². The van der Waals surface area contributed by atoms with E-state index in [2.05, 4.69) is 26.2 Å². The van der Waals surface area contributed by atoms with E-state index in [0.717, 1.165) is 5.71 Å². The summed E-state index contributed by atoms with van der Waals surface area (Å²) in [4.78, 5) is 17.5. The number of nitrogens with zero attached hydrogens (tertiary/aromatic N) is 3. The highest BCUT2D eigenvalue weighted by atomic mass is 79.9. The Morgan fingerprint density at radius 1 is 1.47 bits per heavy atom. The molecule has 1 aliphatic heterocycles. The number of hydrazone groups is 1. The monoisotopic (exact) mass is 331 g/mol. The van der Waals surface area contributed by atoms with Gasteiger partial charge >= 0.3 is 0 Å². The maximum Gasteiger partial charge on any atom is 0.271 e. The molecule has 0 radical (unpaired) electrons. The Bertz CT molecular complexity index is 438. The van der Waals surface area contributed by atoms with Crippen LogP contribution in [0.2, 0.25) is 0 Å². The fourth-order valence-corrected chi connectivity index (χ4v) is 2.95. The summed E-state index contributed by atoms with van der Waals surface area (Å²) < 4.78 is -1.01. The molecule has 1 rings (SSSR count). The van der Waals surface area contributed by atoms with Crippen molar-refractivity contribution in [3.8, 4) is 0 Å². The van der Waals surface area contributed by atoms with Crippen molar-refractivity contribution < 1.29 is 9.63 Å². The van der Waals surface area contributed by atoms with Gasteiger partial charge in [0, 0.05) is 5.41 Å². The number of rotatable bonds is 3. The smallest absolute Gasteiger partial charge is 0.271 e. The first kappa shape index (κ1) is 16.1. The van der Waals surface area contributed by atoms with Gasteiger partial charge in [-0.3, -0.25) is 4.79 Å². The molecule has 0 saturated heterocycles. The van der Waals surface area contributed by atoms with Crippen molar-refractivity contribution in [3.63, 3.8) is 0 Å². The predicted molar refractivity (Wildman–Crippen MR) is 80.6 cm³/mol.